The summed E-state index contributed by atoms with van der Waals surface area (Å²) in [4.78, 5) is 10.3. The second-order valence-electron chi connectivity index (χ2n) is 3.97. The summed E-state index contributed by atoms with van der Waals surface area (Å²) in [7, 11) is 4.90. The van der Waals surface area contributed by atoms with Crippen LogP contribution in [0.5, 0.6) is 11.8 Å². The largest absolute Gasteiger partial charge is 0.481 e. The first-order valence-corrected chi connectivity index (χ1v) is 5.89. The Balaban J connectivity index is 2.36. The highest BCUT2D eigenvalue weighted by molar-refractivity contribution is 5.58. The lowest BCUT2D eigenvalue weighted by Gasteiger charge is -2.18. The number of aromatic nitrogens is 2. The number of nitriles is 1. The molecule has 0 saturated heterocycles. The molecule has 1 aromatic heterocycles. The van der Waals surface area contributed by atoms with Crippen LogP contribution < -0.4 is 14.4 Å². The highest BCUT2D eigenvalue weighted by Gasteiger charge is 2.11. The molecule has 0 fully saturated rings. The summed E-state index contributed by atoms with van der Waals surface area (Å²) in [6, 6.07) is 10.8. The van der Waals surface area contributed by atoms with E-state index < -0.39 is 0 Å². The van der Waals surface area contributed by atoms with Gasteiger partial charge in [0.05, 0.1) is 31.9 Å². The predicted octanol–water partition coefficient (Wildman–Crippen LogP) is 2.13. The number of hydrogen-bond donors (Lipinski definition) is 0. The van der Waals surface area contributed by atoms with Gasteiger partial charge in [-0.25, -0.2) is 0 Å². The molecule has 6 nitrogen and oxygen atoms in total. The van der Waals surface area contributed by atoms with Crippen molar-refractivity contribution < 1.29 is 9.47 Å². The van der Waals surface area contributed by atoms with Gasteiger partial charge in [-0.3, -0.25) is 0 Å². The highest BCUT2D eigenvalue weighted by atomic mass is 16.5. The van der Waals surface area contributed by atoms with Crippen molar-refractivity contribution in [2.24, 2.45) is 0 Å². The number of hydrogen-bond acceptors (Lipinski definition) is 6. The van der Waals surface area contributed by atoms with Gasteiger partial charge in [0.15, 0.2) is 0 Å². The van der Waals surface area contributed by atoms with Crippen LogP contribution in [0.1, 0.15) is 5.56 Å². The van der Waals surface area contributed by atoms with Crippen LogP contribution in [0.15, 0.2) is 30.3 Å². The maximum atomic E-state index is 8.80. The van der Waals surface area contributed by atoms with E-state index >= 15 is 0 Å². The molecule has 0 radical (unpaired) electrons. The van der Waals surface area contributed by atoms with Crippen molar-refractivity contribution in [2.75, 3.05) is 26.2 Å². The van der Waals surface area contributed by atoms with Crippen LogP contribution in [-0.2, 0) is 0 Å². The smallest absolute Gasteiger partial charge is 0.236 e. The Kier molecular flexibility index (Phi) is 4.01. The number of methoxy groups -OCH3 is 2. The summed E-state index contributed by atoms with van der Waals surface area (Å²) in [5.74, 6) is 1.30. The molecule has 0 aliphatic rings. The van der Waals surface area contributed by atoms with E-state index in [1.165, 1.54) is 14.2 Å². The molecule has 20 heavy (non-hydrogen) atoms. The predicted molar refractivity (Wildman–Crippen MR) is 74.4 cm³/mol. The van der Waals surface area contributed by atoms with Gasteiger partial charge in [-0.05, 0) is 24.3 Å². The molecule has 0 bridgehead atoms. The van der Waals surface area contributed by atoms with Gasteiger partial charge in [-0.1, -0.05) is 0 Å². The number of ether oxygens (including phenoxy) is 2. The quantitative estimate of drug-likeness (QED) is 0.847. The normalized spacial score (nSPS) is 9.70. The van der Waals surface area contributed by atoms with Crippen molar-refractivity contribution in [3.63, 3.8) is 0 Å². The molecule has 1 aromatic carbocycles. The van der Waals surface area contributed by atoms with Crippen LogP contribution in [0.2, 0.25) is 0 Å². The molecule has 6 heteroatoms. The van der Waals surface area contributed by atoms with Gasteiger partial charge in [0.25, 0.3) is 0 Å². The van der Waals surface area contributed by atoms with Crippen molar-refractivity contribution in [3.05, 3.63) is 35.9 Å². The Hall–Kier alpha value is -2.81. The van der Waals surface area contributed by atoms with Gasteiger partial charge < -0.3 is 14.4 Å². The molecule has 2 rings (SSSR count). The van der Waals surface area contributed by atoms with Gasteiger partial charge in [-0.2, -0.15) is 15.2 Å². The molecule has 0 atom stereocenters. The number of nitrogens with zero attached hydrogens (tertiary/aromatic N) is 4. The molecule has 0 unspecified atom stereocenters. The van der Waals surface area contributed by atoms with Gasteiger partial charge in [-0.15, -0.1) is 0 Å². The standard InChI is InChI=1S/C14H14N4O2/c1-18(11-6-4-10(9-15)5-7-11)14-16-12(19-2)8-13(17-14)20-3/h4-8H,1-3H3. The monoisotopic (exact) mass is 270 g/mol. The Morgan fingerprint density at radius 1 is 1.05 bits per heavy atom. The van der Waals surface area contributed by atoms with Gasteiger partial charge in [0.2, 0.25) is 17.7 Å². The fraction of sp³-hybridized carbons (Fsp3) is 0.214. The van der Waals surface area contributed by atoms with E-state index in [1.54, 1.807) is 23.1 Å². The van der Waals surface area contributed by atoms with E-state index in [1.807, 2.05) is 19.2 Å². The Labute approximate surface area is 117 Å². The Bertz CT molecular complexity index is 612. The molecule has 0 aliphatic carbocycles. The first-order valence-electron chi connectivity index (χ1n) is 5.89. The van der Waals surface area contributed by atoms with E-state index in [-0.39, 0.29) is 0 Å². The lowest BCUT2D eigenvalue weighted by molar-refractivity contribution is 0.372. The maximum absolute atomic E-state index is 8.80. The van der Waals surface area contributed by atoms with E-state index in [0.717, 1.165) is 5.69 Å². The van der Waals surface area contributed by atoms with Crippen LogP contribution >= 0.6 is 0 Å². The molecular weight excluding hydrogens is 256 g/mol. The van der Waals surface area contributed by atoms with Crippen LogP contribution in [0, 0.1) is 11.3 Å². The topological polar surface area (TPSA) is 71.3 Å². The zero-order chi connectivity index (χ0) is 14.5. The van der Waals surface area contributed by atoms with E-state index in [4.69, 9.17) is 14.7 Å². The molecule has 0 spiro atoms. The third-order valence-electron chi connectivity index (χ3n) is 2.77. The van der Waals surface area contributed by atoms with Crippen LogP contribution in [0.4, 0.5) is 11.6 Å². The summed E-state index contributed by atoms with van der Waals surface area (Å²) in [6.07, 6.45) is 0. The molecule has 1 heterocycles. The minimum Gasteiger partial charge on any atom is -0.481 e. The minimum atomic E-state index is 0.423. The molecule has 102 valence electrons. The van der Waals surface area contributed by atoms with Crippen molar-refractivity contribution >= 4 is 11.6 Å². The Morgan fingerprint density at radius 2 is 1.60 bits per heavy atom. The summed E-state index contributed by atoms with van der Waals surface area (Å²) in [6.45, 7) is 0. The second-order valence-corrected chi connectivity index (χ2v) is 3.97. The summed E-state index contributed by atoms with van der Waals surface area (Å²) in [5.41, 5.74) is 1.46. The third kappa shape index (κ3) is 2.78. The lowest BCUT2D eigenvalue weighted by Crippen LogP contribution is -2.13. The van der Waals surface area contributed by atoms with Gasteiger partial charge >= 0.3 is 0 Å². The zero-order valence-corrected chi connectivity index (χ0v) is 11.5. The zero-order valence-electron chi connectivity index (χ0n) is 11.5. The maximum Gasteiger partial charge on any atom is 0.236 e. The van der Waals surface area contributed by atoms with Gasteiger partial charge in [0, 0.05) is 12.7 Å². The van der Waals surface area contributed by atoms with Gasteiger partial charge in [0.1, 0.15) is 0 Å². The molecular formula is C14H14N4O2. The van der Waals surface area contributed by atoms with E-state index in [2.05, 4.69) is 16.0 Å². The average molecular weight is 270 g/mol. The van der Waals surface area contributed by atoms with Crippen molar-refractivity contribution in [2.45, 2.75) is 0 Å². The van der Waals surface area contributed by atoms with Crippen molar-refractivity contribution in [3.8, 4) is 17.8 Å². The van der Waals surface area contributed by atoms with E-state index in [0.29, 0.717) is 23.3 Å². The van der Waals surface area contributed by atoms with Crippen molar-refractivity contribution in [1.82, 2.24) is 9.97 Å². The average Bonchev–Trinajstić information content (AvgIpc) is 2.53. The Morgan fingerprint density at radius 3 is 2.05 bits per heavy atom. The SMILES string of the molecule is COc1cc(OC)nc(N(C)c2ccc(C#N)cc2)n1. The molecule has 0 aliphatic heterocycles. The third-order valence-corrected chi connectivity index (χ3v) is 2.77. The van der Waals surface area contributed by atoms with Crippen LogP contribution in [-0.4, -0.2) is 31.2 Å². The molecule has 2 aromatic rings. The molecule has 0 amide bonds. The fourth-order valence-corrected chi connectivity index (χ4v) is 1.63. The van der Waals surface area contributed by atoms with Crippen LogP contribution in [0.3, 0.4) is 0 Å². The number of rotatable bonds is 4. The minimum absolute atomic E-state index is 0.423. The van der Waals surface area contributed by atoms with Crippen molar-refractivity contribution in [1.29, 1.82) is 5.26 Å². The first kappa shape index (κ1) is 13.6. The van der Waals surface area contributed by atoms with E-state index in [9.17, 15) is 0 Å². The molecule has 0 saturated carbocycles. The summed E-state index contributed by atoms with van der Waals surface area (Å²) in [5, 5.41) is 8.80. The summed E-state index contributed by atoms with van der Waals surface area (Å²) < 4.78 is 10.2. The summed E-state index contributed by atoms with van der Waals surface area (Å²) >= 11 is 0. The fourth-order valence-electron chi connectivity index (χ4n) is 1.63. The second kappa shape index (κ2) is 5.89. The number of benzene rings is 1. The molecule has 0 N–H and O–H groups in total. The first-order chi connectivity index (χ1) is 9.67. The van der Waals surface area contributed by atoms with Crippen LogP contribution in [0.25, 0.3) is 0 Å². The lowest BCUT2D eigenvalue weighted by atomic mass is 10.2. The highest BCUT2D eigenvalue weighted by Crippen LogP contribution is 2.25. The number of anilines is 2.